The van der Waals surface area contributed by atoms with Gasteiger partial charge in [0.25, 0.3) is 0 Å². The number of rotatable bonds is 10. The Kier molecular flexibility index (Phi) is 10.0. The lowest BCUT2D eigenvalue weighted by atomic mass is 10.0. The van der Waals surface area contributed by atoms with Gasteiger partial charge in [-0.3, -0.25) is 13.9 Å². The molecule has 0 fully saturated rings. The van der Waals surface area contributed by atoms with E-state index in [1.807, 2.05) is 30.3 Å². The van der Waals surface area contributed by atoms with Crippen LogP contribution in [0, 0.1) is 5.82 Å². The maximum atomic E-state index is 13.8. The van der Waals surface area contributed by atoms with E-state index >= 15 is 0 Å². The van der Waals surface area contributed by atoms with E-state index < -0.39 is 40.2 Å². The largest absolute Gasteiger partial charge is 0.357 e. The van der Waals surface area contributed by atoms with Crippen LogP contribution in [-0.2, 0) is 32.6 Å². The van der Waals surface area contributed by atoms with Crippen molar-refractivity contribution in [3.05, 3.63) is 98.7 Å². The van der Waals surface area contributed by atoms with Crippen molar-refractivity contribution in [2.45, 2.75) is 19.0 Å². The second-order valence-electron chi connectivity index (χ2n) is 8.45. The van der Waals surface area contributed by atoms with Crippen molar-refractivity contribution in [2.24, 2.45) is 0 Å². The minimum atomic E-state index is -4.01. The Morgan fingerprint density at radius 1 is 0.974 bits per heavy atom. The molecular weight excluding hydrogens is 576 g/mol. The van der Waals surface area contributed by atoms with Crippen LogP contribution in [0.15, 0.2) is 66.7 Å². The third-order valence-electron chi connectivity index (χ3n) is 5.74. The zero-order valence-corrected chi connectivity index (χ0v) is 23.6. The standard InChI is InChI=1S/C26H25Cl3FN3O4S/c1-31-26(35)24(12-17-6-4-3-5-7-17)32(15-18-8-9-19(27)13-21(18)28)25(34)16-33(38(2,36)37)20-10-11-23(30)22(29)14-20/h3-11,13-14,24H,12,15-16H2,1-2H3,(H,31,35)/t24-/m0/s1. The first-order valence-electron chi connectivity index (χ1n) is 11.3. The van der Waals surface area contributed by atoms with Crippen molar-refractivity contribution in [3.8, 4) is 0 Å². The van der Waals surface area contributed by atoms with Gasteiger partial charge in [0.2, 0.25) is 21.8 Å². The normalized spacial score (nSPS) is 12.1. The third kappa shape index (κ3) is 7.60. The molecule has 0 saturated carbocycles. The number of hydrogen-bond donors (Lipinski definition) is 1. The molecule has 7 nitrogen and oxygen atoms in total. The quantitative estimate of drug-likeness (QED) is 0.357. The number of halogens is 4. The molecule has 0 unspecified atom stereocenters. The van der Waals surface area contributed by atoms with E-state index in [0.29, 0.717) is 10.6 Å². The molecule has 38 heavy (non-hydrogen) atoms. The Hall–Kier alpha value is -2.85. The van der Waals surface area contributed by atoms with Crippen molar-refractivity contribution in [1.29, 1.82) is 0 Å². The van der Waals surface area contributed by atoms with Gasteiger partial charge >= 0.3 is 0 Å². The van der Waals surface area contributed by atoms with Crippen LogP contribution >= 0.6 is 34.8 Å². The summed E-state index contributed by atoms with van der Waals surface area (Å²) in [7, 11) is -2.57. The van der Waals surface area contributed by atoms with Gasteiger partial charge in [0.15, 0.2) is 0 Å². The fraction of sp³-hybridized carbons (Fsp3) is 0.231. The first kappa shape index (κ1) is 29.7. The summed E-state index contributed by atoms with van der Waals surface area (Å²) in [5.74, 6) is -1.88. The van der Waals surface area contributed by atoms with Gasteiger partial charge in [-0.25, -0.2) is 12.8 Å². The summed E-state index contributed by atoms with van der Waals surface area (Å²) in [5.41, 5.74) is 1.28. The average molecular weight is 601 g/mol. The number of likely N-dealkylation sites (N-methyl/N-ethyl adjacent to an activating group) is 1. The molecule has 3 aromatic rings. The van der Waals surface area contributed by atoms with E-state index in [1.54, 1.807) is 12.1 Å². The van der Waals surface area contributed by atoms with Crippen LogP contribution in [-0.4, -0.2) is 51.0 Å². The summed E-state index contributed by atoms with van der Waals surface area (Å²) >= 11 is 18.3. The highest BCUT2D eigenvalue weighted by atomic mass is 35.5. The Morgan fingerprint density at radius 3 is 2.24 bits per heavy atom. The molecule has 0 spiro atoms. The van der Waals surface area contributed by atoms with Crippen LogP contribution in [0.25, 0.3) is 0 Å². The van der Waals surface area contributed by atoms with Gasteiger partial charge in [0.1, 0.15) is 18.4 Å². The SMILES string of the molecule is CNC(=O)[C@H](Cc1ccccc1)N(Cc1ccc(Cl)cc1Cl)C(=O)CN(c1ccc(F)c(Cl)c1)S(C)(=O)=O. The van der Waals surface area contributed by atoms with Crippen molar-refractivity contribution < 1.29 is 22.4 Å². The maximum Gasteiger partial charge on any atom is 0.244 e. The fourth-order valence-corrected chi connectivity index (χ4v) is 5.29. The van der Waals surface area contributed by atoms with E-state index in [0.717, 1.165) is 28.3 Å². The van der Waals surface area contributed by atoms with Gasteiger partial charge in [-0.2, -0.15) is 0 Å². The highest BCUT2D eigenvalue weighted by molar-refractivity contribution is 7.92. The highest BCUT2D eigenvalue weighted by Gasteiger charge is 2.33. The molecule has 3 rings (SSSR count). The molecule has 0 radical (unpaired) electrons. The molecule has 0 bridgehead atoms. The zero-order valence-electron chi connectivity index (χ0n) is 20.5. The zero-order chi connectivity index (χ0) is 28.0. The number of nitrogens with zero attached hydrogens (tertiary/aromatic N) is 2. The molecule has 0 aliphatic rings. The van der Waals surface area contributed by atoms with Gasteiger partial charge in [0, 0.05) is 30.1 Å². The number of sulfonamides is 1. The molecule has 0 aliphatic heterocycles. The topological polar surface area (TPSA) is 86.8 Å². The van der Waals surface area contributed by atoms with Crippen molar-refractivity contribution >= 4 is 62.3 Å². The minimum absolute atomic E-state index is 0.00345. The first-order valence-corrected chi connectivity index (χ1v) is 14.3. The summed E-state index contributed by atoms with van der Waals surface area (Å²) < 4.78 is 39.9. The summed E-state index contributed by atoms with van der Waals surface area (Å²) in [6.07, 6.45) is 1.07. The van der Waals surface area contributed by atoms with E-state index in [4.69, 9.17) is 34.8 Å². The lowest BCUT2D eigenvalue weighted by Gasteiger charge is -2.33. The van der Waals surface area contributed by atoms with Crippen LogP contribution in [0.1, 0.15) is 11.1 Å². The molecule has 0 saturated heterocycles. The number of hydrogen-bond acceptors (Lipinski definition) is 4. The van der Waals surface area contributed by atoms with E-state index in [9.17, 15) is 22.4 Å². The third-order valence-corrected chi connectivity index (χ3v) is 7.76. The molecule has 1 N–H and O–H groups in total. The second-order valence-corrected chi connectivity index (χ2v) is 11.6. The van der Waals surface area contributed by atoms with Gasteiger partial charge in [-0.15, -0.1) is 0 Å². The first-order chi connectivity index (χ1) is 17.9. The number of carbonyl (C=O) groups excluding carboxylic acids is 2. The van der Waals surface area contributed by atoms with Crippen LogP contribution in [0.2, 0.25) is 15.1 Å². The van der Waals surface area contributed by atoms with Crippen LogP contribution in [0.5, 0.6) is 0 Å². The van der Waals surface area contributed by atoms with Crippen LogP contribution in [0.4, 0.5) is 10.1 Å². The van der Waals surface area contributed by atoms with E-state index in [1.165, 1.54) is 24.1 Å². The van der Waals surface area contributed by atoms with Gasteiger partial charge in [0.05, 0.1) is 17.0 Å². The monoisotopic (exact) mass is 599 g/mol. The molecule has 202 valence electrons. The van der Waals surface area contributed by atoms with Gasteiger partial charge < -0.3 is 10.2 Å². The maximum absolute atomic E-state index is 13.8. The molecule has 1 atom stereocenters. The fourth-order valence-electron chi connectivity index (χ4n) is 3.81. The second kappa shape index (κ2) is 12.8. The van der Waals surface area contributed by atoms with Crippen molar-refractivity contribution in [3.63, 3.8) is 0 Å². The van der Waals surface area contributed by atoms with Gasteiger partial charge in [-0.1, -0.05) is 71.2 Å². The average Bonchev–Trinajstić information content (AvgIpc) is 2.87. The smallest absolute Gasteiger partial charge is 0.244 e. The summed E-state index contributed by atoms with van der Waals surface area (Å²) in [4.78, 5) is 28.2. The lowest BCUT2D eigenvalue weighted by molar-refractivity contribution is -0.139. The summed E-state index contributed by atoms with van der Waals surface area (Å²) in [6.45, 7) is -0.782. The number of amides is 2. The number of benzene rings is 3. The predicted molar refractivity (Wildman–Crippen MR) is 149 cm³/mol. The van der Waals surface area contributed by atoms with Crippen LogP contribution < -0.4 is 9.62 Å². The lowest BCUT2D eigenvalue weighted by Crippen LogP contribution is -2.52. The molecule has 2 amide bonds. The summed E-state index contributed by atoms with van der Waals surface area (Å²) in [5, 5.41) is 2.94. The molecular formula is C26H25Cl3FN3O4S. The Morgan fingerprint density at radius 2 is 1.66 bits per heavy atom. The van der Waals surface area contributed by atoms with Gasteiger partial charge in [-0.05, 0) is 41.5 Å². The number of anilines is 1. The Bertz CT molecular complexity index is 1420. The molecule has 0 heterocycles. The minimum Gasteiger partial charge on any atom is -0.357 e. The molecule has 12 heteroatoms. The van der Waals surface area contributed by atoms with E-state index in [2.05, 4.69) is 5.32 Å². The highest BCUT2D eigenvalue weighted by Crippen LogP contribution is 2.27. The van der Waals surface area contributed by atoms with Crippen LogP contribution in [0.3, 0.4) is 0 Å². The van der Waals surface area contributed by atoms with Crippen molar-refractivity contribution in [2.75, 3.05) is 24.2 Å². The summed E-state index contributed by atoms with van der Waals surface area (Å²) in [6, 6.07) is 16.1. The molecule has 0 aromatic heterocycles. The number of carbonyl (C=O) groups is 2. The van der Waals surface area contributed by atoms with Crippen molar-refractivity contribution in [1.82, 2.24) is 10.2 Å². The Balaban J connectivity index is 2.06. The van der Waals surface area contributed by atoms with E-state index in [-0.39, 0.29) is 28.7 Å². The molecule has 3 aromatic carbocycles. The molecule has 0 aliphatic carbocycles. The predicted octanol–water partition coefficient (Wildman–Crippen LogP) is 4.94. The Labute approximate surface area is 236 Å². The number of nitrogens with one attached hydrogen (secondary N) is 1.